The highest BCUT2D eigenvalue weighted by atomic mass is 35.5. The summed E-state index contributed by atoms with van der Waals surface area (Å²) in [4.78, 5) is 16.3. The van der Waals surface area contributed by atoms with Gasteiger partial charge < -0.3 is 4.84 Å². The first-order chi connectivity index (χ1) is 9.70. The predicted octanol–water partition coefficient (Wildman–Crippen LogP) is 4.26. The number of benzene rings is 2. The molecule has 0 aliphatic rings. The van der Waals surface area contributed by atoms with Gasteiger partial charge in [-0.3, -0.25) is 4.79 Å². The van der Waals surface area contributed by atoms with Crippen LogP contribution in [-0.4, -0.2) is 12.5 Å². The van der Waals surface area contributed by atoms with Crippen molar-refractivity contribution < 1.29 is 9.63 Å². The van der Waals surface area contributed by atoms with E-state index < -0.39 is 0 Å². The Labute approximate surface area is 122 Å². The van der Waals surface area contributed by atoms with Gasteiger partial charge in [0.1, 0.15) is 6.29 Å². The topological polar surface area (TPSA) is 38.7 Å². The van der Waals surface area contributed by atoms with E-state index in [1.54, 1.807) is 24.4 Å². The summed E-state index contributed by atoms with van der Waals surface area (Å²) in [6, 6.07) is 14.6. The number of rotatable bonds is 5. The quantitative estimate of drug-likeness (QED) is 0.468. The van der Waals surface area contributed by atoms with E-state index in [1.807, 2.05) is 37.3 Å². The molecule has 0 N–H and O–H groups in total. The van der Waals surface area contributed by atoms with Crippen LogP contribution in [0.4, 0.5) is 0 Å². The van der Waals surface area contributed by atoms with Crippen LogP contribution in [0, 0.1) is 0 Å². The lowest BCUT2D eigenvalue weighted by Crippen LogP contribution is -2.00. The van der Waals surface area contributed by atoms with Crippen LogP contribution in [0.3, 0.4) is 0 Å². The molecule has 0 aliphatic heterocycles. The number of carbonyl (C=O) groups is 1. The summed E-state index contributed by atoms with van der Waals surface area (Å²) in [5.41, 5.74) is 2.32. The number of aldehydes is 1. The molecule has 0 amide bonds. The molecule has 2 aromatic rings. The Hall–Kier alpha value is -2.13. The van der Waals surface area contributed by atoms with Gasteiger partial charge >= 0.3 is 0 Å². The van der Waals surface area contributed by atoms with Gasteiger partial charge in [-0.05, 0) is 24.6 Å². The van der Waals surface area contributed by atoms with Crippen LogP contribution in [0.1, 0.15) is 34.5 Å². The van der Waals surface area contributed by atoms with Crippen LogP contribution in [0.15, 0.2) is 53.7 Å². The molecule has 4 heteroatoms. The maximum Gasteiger partial charge on any atom is 0.150 e. The van der Waals surface area contributed by atoms with Crippen LogP contribution in [0.5, 0.6) is 0 Å². The zero-order chi connectivity index (χ0) is 14.4. The second kappa shape index (κ2) is 6.87. The molecule has 20 heavy (non-hydrogen) atoms. The van der Waals surface area contributed by atoms with Gasteiger partial charge in [-0.1, -0.05) is 53.2 Å². The molecule has 0 radical (unpaired) electrons. The highest BCUT2D eigenvalue weighted by Crippen LogP contribution is 2.20. The fourth-order valence-corrected chi connectivity index (χ4v) is 1.90. The summed E-state index contributed by atoms with van der Waals surface area (Å²) in [5, 5.41) is 4.62. The third-order valence-electron chi connectivity index (χ3n) is 2.85. The number of nitrogens with zero attached hydrogens (tertiary/aromatic N) is 1. The minimum absolute atomic E-state index is 0.292. The molecule has 2 aromatic carbocycles. The summed E-state index contributed by atoms with van der Waals surface area (Å²) in [7, 11) is 0. The van der Waals surface area contributed by atoms with E-state index in [1.165, 1.54) is 0 Å². The van der Waals surface area contributed by atoms with E-state index in [0.29, 0.717) is 10.6 Å². The zero-order valence-corrected chi connectivity index (χ0v) is 11.7. The molecule has 0 aliphatic carbocycles. The second-order valence-electron chi connectivity index (χ2n) is 4.28. The molecule has 0 saturated heterocycles. The Morgan fingerprint density at radius 1 is 1.15 bits per heavy atom. The first-order valence-corrected chi connectivity index (χ1v) is 6.57. The van der Waals surface area contributed by atoms with Crippen molar-refractivity contribution in [2.45, 2.75) is 13.0 Å². The van der Waals surface area contributed by atoms with Crippen molar-refractivity contribution in [1.29, 1.82) is 0 Å². The lowest BCUT2D eigenvalue weighted by molar-refractivity contribution is 0.0727. The third-order valence-corrected chi connectivity index (χ3v) is 3.10. The molecule has 0 fully saturated rings. The van der Waals surface area contributed by atoms with Crippen LogP contribution < -0.4 is 0 Å². The first-order valence-electron chi connectivity index (χ1n) is 6.19. The van der Waals surface area contributed by atoms with Crippen LogP contribution in [0.25, 0.3) is 0 Å². The number of oxime groups is 1. The molecule has 1 atom stereocenters. The largest absolute Gasteiger partial charge is 0.388 e. The average molecular weight is 288 g/mol. The van der Waals surface area contributed by atoms with Crippen molar-refractivity contribution in [2.24, 2.45) is 5.16 Å². The Morgan fingerprint density at radius 2 is 1.85 bits per heavy atom. The molecule has 0 saturated carbocycles. The molecule has 0 aromatic heterocycles. The maximum absolute atomic E-state index is 11.0. The lowest BCUT2D eigenvalue weighted by atomic mass is 10.0. The van der Waals surface area contributed by atoms with Crippen LogP contribution in [0.2, 0.25) is 5.02 Å². The van der Waals surface area contributed by atoms with Gasteiger partial charge in [0.15, 0.2) is 6.10 Å². The molecule has 0 heterocycles. The van der Waals surface area contributed by atoms with Gasteiger partial charge in [-0.2, -0.15) is 0 Å². The summed E-state index contributed by atoms with van der Waals surface area (Å²) in [6.07, 6.45) is 2.13. The van der Waals surface area contributed by atoms with Crippen molar-refractivity contribution in [2.75, 3.05) is 0 Å². The molecular formula is C16H14ClNO2. The predicted molar refractivity (Wildman–Crippen MR) is 80.4 cm³/mol. The van der Waals surface area contributed by atoms with Gasteiger partial charge in [0, 0.05) is 16.1 Å². The van der Waals surface area contributed by atoms with E-state index in [4.69, 9.17) is 16.4 Å². The van der Waals surface area contributed by atoms with E-state index in [0.717, 1.165) is 17.4 Å². The smallest absolute Gasteiger partial charge is 0.150 e. The van der Waals surface area contributed by atoms with Crippen molar-refractivity contribution in [3.8, 4) is 0 Å². The van der Waals surface area contributed by atoms with Gasteiger partial charge in [0.05, 0.1) is 6.21 Å². The van der Waals surface area contributed by atoms with Crippen molar-refractivity contribution >= 4 is 24.1 Å². The van der Waals surface area contributed by atoms with Crippen molar-refractivity contribution in [3.63, 3.8) is 0 Å². The number of hydrogen-bond acceptors (Lipinski definition) is 3. The molecule has 0 spiro atoms. The summed E-state index contributed by atoms with van der Waals surface area (Å²) < 4.78 is 0. The Balaban J connectivity index is 2.03. The highest BCUT2D eigenvalue weighted by molar-refractivity contribution is 6.30. The molecule has 1 unspecified atom stereocenters. The SMILES string of the molecule is CC(ON=Cc1ccc(Cl)cc1)c1ccccc1C=O. The summed E-state index contributed by atoms with van der Waals surface area (Å²) in [6.45, 7) is 1.85. The standard InChI is InChI=1S/C16H14ClNO2/c1-12(16-5-3-2-4-14(16)11-19)20-18-10-13-6-8-15(17)9-7-13/h2-12H,1H3. The van der Waals surface area contributed by atoms with Gasteiger partial charge in [-0.15, -0.1) is 0 Å². The number of hydrogen-bond donors (Lipinski definition) is 0. The monoisotopic (exact) mass is 287 g/mol. The van der Waals surface area contributed by atoms with Crippen LogP contribution in [-0.2, 0) is 4.84 Å². The van der Waals surface area contributed by atoms with E-state index in [2.05, 4.69) is 5.16 Å². The minimum atomic E-state index is -0.292. The van der Waals surface area contributed by atoms with Gasteiger partial charge in [0.2, 0.25) is 0 Å². The first kappa shape index (κ1) is 14.3. The fraction of sp³-hybridized carbons (Fsp3) is 0.125. The summed E-state index contributed by atoms with van der Waals surface area (Å²) >= 11 is 5.80. The Kier molecular flexibility index (Phi) is 4.91. The molecule has 0 bridgehead atoms. The van der Waals surface area contributed by atoms with Gasteiger partial charge in [0.25, 0.3) is 0 Å². The zero-order valence-electron chi connectivity index (χ0n) is 11.0. The third kappa shape index (κ3) is 3.68. The number of carbonyl (C=O) groups excluding carboxylic acids is 1. The molecule has 3 nitrogen and oxygen atoms in total. The summed E-state index contributed by atoms with van der Waals surface area (Å²) in [5.74, 6) is 0. The maximum atomic E-state index is 11.0. The molecule has 102 valence electrons. The van der Waals surface area contributed by atoms with Gasteiger partial charge in [-0.25, -0.2) is 0 Å². The second-order valence-corrected chi connectivity index (χ2v) is 4.72. The molecular weight excluding hydrogens is 274 g/mol. The van der Waals surface area contributed by atoms with Crippen LogP contribution >= 0.6 is 11.6 Å². The average Bonchev–Trinajstić information content (AvgIpc) is 2.49. The lowest BCUT2D eigenvalue weighted by Gasteiger charge is -2.11. The normalized spacial score (nSPS) is 12.3. The number of halogens is 1. The Morgan fingerprint density at radius 3 is 2.55 bits per heavy atom. The van der Waals surface area contributed by atoms with Crippen molar-refractivity contribution in [3.05, 3.63) is 70.2 Å². The fourth-order valence-electron chi connectivity index (χ4n) is 1.78. The van der Waals surface area contributed by atoms with E-state index >= 15 is 0 Å². The van der Waals surface area contributed by atoms with E-state index in [-0.39, 0.29) is 6.10 Å². The van der Waals surface area contributed by atoms with Crippen molar-refractivity contribution in [1.82, 2.24) is 0 Å². The minimum Gasteiger partial charge on any atom is -0.388 e. The molecule has 2 rings (SSSR count). The Bertz CT molecular complexity index is 608. The van der Waals surface area contributed by atoms with E-state index in [9.17, 15) is 4.79 Å². The highest BCUT2D eigenvalue weighted by Gasteiger charge is 2.10.